The number of hydrogen-bond acceptors (Lipinski definition) is 6. The van der Waals surface area contributed by atoms with Crippen molar-refractivity contribution in [1.82, 2.24) is 23.9 Å². The van der Waals surface area contributed by atoms with Crippen molar-refractivity contribution in [3.05, 3.63) is 29.8 Å². The van der Waals surface area contributed by atoms with Gasteiger partial charge in [-0.3, -0.25) is 9.58 Å². The van der Waals surface area contributed by atoms with Gasteiger partial charge in [0.05, 0.1) is 31.4 Å². The lowest BCUT2D eigenvalue weighted by atomic mass is 10.2. The first-order chi connectivity index (χ1) is 13.2. The van der Waals surface area contributed by atoms with Crippen LogP contribution in [-0.4, -0.2) is 50.2 Å². The van der Waals surface area contributed by atoms with Gasteiger partial charge in [-0.1, -0.05) is 0 Å². The van der Waals surface area contributed by atoms with Gasteiger partial charge >= 0.3 is 12.3 Å². The Morgan fingerprint density at radius 2 is 1.90 bits per heavy atom. The Bertz CT molecular complexity index is 997. The molecule has 0 aromatic carbocycles. The van der Waals surface area contributed by atoms with E-state index in [2.05, 4.69) is 10.2 Å². The summed E-state index contributed by atoms with van der Waals surface area (Å²) in [7, 11) is -4.11. The molecule has 0 fully saturated rings. The van der Waals surface area contributed by atoms with Gasteiger partial charge in [-0.25, -0.2) is 4.79 Å². The Morgan fingerprint density at radius 1 is 1.21 bits per heavy atom. The molecule has 0 spiro atoms. The maximum absolute atomic E-state index is 12.7. The minimum absolute atomic E-state index is 0.0949. The average molecular weight is 435 g/mol. The molecule has 160 valence electrons. The van der Waals surface area contributed by atoms with Crippen LogP contribution in [0, 0.1) is 0 Å². The summed E-state index contributed by atoms with van der Waals surface area (Å²) in [6.07, 6.45) is -2.73. The molecule has 9 nitrogen and oxygen atoms in total. The molecular formula is C16H20F3N5O4S. The predicted octanol–water partition coefficient (Wildman–Crippen LogP) is 2.52. The molecule has 0 aliphatic carbocycles. The summed E-state index contributed by atoms with van der Waals surface area (Å²) in [6, 6.07) is 0. The Kier molecular flexibility index (Phi) is 5.13. The summed E-state index contributed by atoms with van der Waals surface area (Å²) in [6.45, 7) is 4.97. The van der Waals surface area contributed by atoms with E-state index in [1.165, 1.54) is 11.1 Å². The van der Waals surface area contributed by atoms with Crippen molar-refractivity contribution in [3.8, 4) is 0 Å². The molecule has 0 radical (unpaired) electrons. The number of carbonyl (C=O) groups excluding carboxylic acids is 1. The Morgan fingerprint density at radius 3 is 2.48 bits per heavy atom. The number of amides is 1. The topological polar surface area (TPSA) is 99.3 Å². The van der Waals surface area contributed by atoms with Crippen molar-refractivity contribution in [3.63, 3.8) is 0 Å². The van der Waals surface area contributed by atoms with Crippen LogP contribution < -0.4 is 0 Å². The second-order valence-electron chi connectivity index (χ2n) is 7.62. The van der Waals surface area contributed by atoms with Gasteiger partial charge in [0.1, 0.15) is 10.5 Å². The summed E-state index contributed by atoms with van der Waals surface area (Å²) >= 11 is 0. The number of halogens is 3. The summed E-state index contributed by atoms with van der Waals surface area (Å²) in [5, 5.41) is 7.70. The molecular weight excluding hydrogens is 415 g/mol. The van der Waals surface area contributed by atoms with Crippen LogP contribution in [0.4, 0.5) is 18.0 Å². The maximum Gasteiger partial charge on any atom is 0.410 e. The number of fused-ring (bicyclic) bond motifs is 1. The fraction of sp³-hybridized carbons (Fsp3) is 0.562. The molecule has 29 heavy (non-hydrogen) atoms. The molecule has 13 heteroatoms. The smallest absolute Gasteiger partial charge is 0.410 e. The van der Waals surface area contributed by atoms with E-state index in [1.54, 1.807) is 20.8 Å². The monoisotopic (exact) mass is 435 g/mol. The zero-order valence-electron chi connectivity index (χ0n) is 16.0. The second-order valence-corrected chi connectivity index (χ2v) is 9.41. The van der Waals surface area contributed by atoms with Crippen molar-refractivity contribution in [2.45, 2.75) is 63.5 Å². The third kappa shape index (κ3) is 4.89. The molecule has 1 aliphatic heterocycles. The van der Waals surface area contributed by atoms with Crippen molar-refractivity contribution in [1.29, 1.82) is 0 Å². The molecule has 0 N–H and O–H groups in total. The van der Waals surface area contributed by atoms with E-state index in [-0.39, 0.29) is 18.0 Å². The number of hydrogen-bond donors (Lipinski definition) is 0. The molecule has 0 atom stereocenters. The molecule has 0 bridgehead atoms. The lowest BCUT2D eigenvalue weighted by molar-refractivity contribution is -0.137. The van der Waals surface area contributed by atoms with E-state index in [0.29, 0.717) is 11.3 Å². The molecule has 3 rings (SSSR count). The van der Waals surface area contributed by atoms with Gasteiger partial charge < -0.3 is 4.74 Å². The fourth-order valence-electron chi connectivity index (χ4n) is 2.66. The molecule has 0 saturated carbocycles. The van der Waals surface area contributed by atoms with Crippen molar-refractivity contribution < 1.29 is 31.1 Å². The van der Waals surface area contributed by atoms with E-state index in [0.717, 1.165) is 21.2 Å². The first kappa shape index (κ1) is 21.1. The van der Waals surface area contributed by atoms with E-state index in [1.807, 2.05) is 0 Å². The largest absolute Gasteiger partial charge is 0.444 e. The molecule has 1 aliphatic rings. The zero-order valence-corrected chi connectivity index (χ0v) is 16.8. The molecule has 1 amide bonds. The number of alkyl halides is 3. The minimum Gasteiger partial charge on any atom is -0.444 e. The van der Waals surface area contributed by atoms with Crippen LogP contribution in [0.3, 0.4) is 0 Å². The van der Waals surface area contributed by atoms with Crippen LogP contribution in [0.1, 0.15) is 38.4 Å². The maximum atomic E-state index is 12.7. The number of nitrogens with zero attached hydrogens (tertiary/aromatic N) is 5. The zero-order chi connectivity index (χ0) is 21.6. The van der Waals surface area contributed by atoms with Crippen LogP contribution >= 0.6 is 0 Å². The number of carbonyl (C=O) groups is 1. The summed E-state index contributed by atoms with van der Waals surface area (Å²) in [4.78, 5) is 13.2. The van der Waals surface area contributed by atoms with E-state index in [9.17, 15) is 26.4 Å². The molecule has 2 aromatic heterocycles. The lowest BCUT2D eigenvalue weighted by Crippen LogP contribution is -2.33. The van der Waals surface area contributed by atoms with Gasteiger partial charge in [0.25, 0.3) is 10.0 Å². The van der Waals surface area contributed by atoms with Gasteiger partial charge in [0.2, 0.25) is 0 Å². The Balaban J connectivity index is 1.72. The number of aromatic nitrogens is 4. The van der Waals surface area contributed by atoms with E-state index < -0.39 is 40.9 Å². The highest BCUT2D eigenvalue weighted by molar-refractivity contribution is 7.89. The average Bonchev–Trinajstić information content (AvgIpc) is 3.25. The van der Waals surface area contributed by atoms with Gasteiger partial charge in [0, 0.05) is 24.5 Å². The lowest BCUT2D eigenvalue weighted by Gasteiger charge is -2.24. The van der Waals surface area contributed by atoms with Crippen LogP contribution in [-0.2, 0) is 34.4 Å². The molecule has 0 saturated heterocycles. The number of rotatable bonds is 4. The van der Waals surface area contributed by atoms with Gasteiger partial charge in [-0.15, -0.1) is 0 Å². The SMILES string of the molecule is CC(C)(C)OC(=O)N1Cc2cn(S(=O)(=O)c3cnn(CCC(F)(F)F)c3)nc2C1. The quantitative estimate of drug-likeness (QED) is 0.732. The third-order valence-corrected chi connectivity index (χ3v) is 5.47. The normalized spacial score (nSPS) is 14.9. The van der Waals surface area contributed by atoms with Gasteiger partial charge in [-0.2, -0.15) is 35.9 Å². The van der Waals surface area contributed by atoms with E-state index >= 15 is 0 Å². The number of ether oxygens (including phenoxy) is 1. The van der Waals surface area contributed by atoms with Crippen LogP contribution in [0.2, 0.25) is 0 Å². The Labute approximate surface area is 165 Å². The highest BCUT2D eigenvalue weighted by Gasteiger charge is 2.32. The fourth-order valence-corrected chi connectivity index (χ4v) is 3.78. The van der Waals surface area contributed by atoms with E-state index in [4.69, 9.17) is 4.74 Å². The Hall–Kier alpha value is -2.57. The first-order valence-corrected chi connectivity index (χ1v) is 10.1. The molecule has 3 heterocycles. The summed E-state index contributed by atoms with van der Waals surface area (Å²) < 4.78 is 69.2. The van der Waals surface area contributed by atoms with Gasteiger partial charge in [-0.05, 0) is 20.8 Å². The molecule has 0 unspecified atom stereocenters. The molecule has 2 aromatic rings. The highest BCUT2D eigenvalue weighted by Crippen LogP contribution is 2.26. The van der Waals surface area contributed by atoms with Crippen LogP contribution in [0.25, 0.3) is 0 Å². The van der Waals surface area contributed by atoms with Gasteiger partial charge in [0.15, 0.2) is 0 Å². The van der Waals surface area contributed by atoms with Crippen LogP contribution in [0.5, 0.6) is 0 Å². The first-order valence-electron chi connectivity index (χ1n) is 8.65. The number of aryl methyl sites for hydroxylation is 1. The van der Waals surface area contributed by atoms with Crippen molar-refractivity contribution in [2.75, 3.05) is 0 Å². The predicted molar refractivity (Wildman–Crippen MR) is 93.2 cm³/mol. The van der Waals surface area contributed by atoms with Crippen molar-refractivity contribution >= 4 is 16.1 Å². The summed E-state index contributed by atoms with van der Waals surface area (Å²) in [5.41, 5.74) is 0.292. The van der Waals surface area contributed by atoms with Crippen molar-refractivity contribution in [2.24, 2.45) is 0 Å². The van der Waals surface area contributed by atoms with Crippen LogP contribution in [0.15, 0.2) is 23.5 Å². The minimum atomic E-state index is -4.37. The standard InChI is InChI=1S/C16H20F3N5O4S/c1-15(2,3)28-14(25)22-7-11-8-24(21-13(11)10-22)29(26,27)12-6-20-23(9-12)5-4-16(17,18)19/h6,8-9H,4-5,7,10H2,1-3H3. The summed E-state index contributed by atoms with van der Waals surface area (Å²) in [5.74, 6) is 0. The third-order valence-electron chi connectivity index (χ3n) is 3.99. The highest BCUT2D eigenvalue weighted by atomic mass is 32.2. The second kappa shape index (κ2) is 7.04.